The van der Waals surface area contributed by atoms with E-state index >= 15 is 0 Å². The van der Waals surface area contributed by atoms with Crippen LogP contribution in [-0.2, 0) is 7.05 Å². The zero-order valence-electron chi connectivity index (χ0n) is 8.36. The Bertz CT molecular complexity index is 437. The fraction of sp³-hybridized carbons (Fsp3) is 0.182. The van der Waals surface area contributed by atoms with Gasteiger partial charge < -0.3 is 5.73 Å². The fourth-order valence-electron chi connectivity index (χ4n) is 1.53. The van der Waals surface area contributed by atoms with Crippen LogP contribution in [0, 0.1) is 6.92 Å². The van der Waals surface area contributed by atoms with Crippen LogP contribution in [0.15, 0.2) is 30.5 Å². The molecule has 0 atom stereocenters. The predicted octanol–water partition coefficient (Wildman–Crippen LogP) is 1.98. The Morgan fingerprint density at radius 3 is 2.64 bits per heavy atom. The van der Waals surface area contributed by atoms with Crippen molar-refractivity contribution in [3.63, 3.8) is 0 Å². The van der Waals surface area contributed by atoms with Crippen molar-refractivity contribution in [3.05, 3.63) is 36.0 Å². The summed E-state index contributed by atoms with van der Waals surface area (Å²) in [5, 5.41) is 4.32. The summed E-state index contributed by atoms with van der Waals surface area (Å²) in [6, 6.07) is 7.95. The molecule has 14 heavy (non-hydrogen) atoms. The molecule has 3 nitrogen and oxygen atoms in total. The minimum absolute atomic E-state index is 0.783. The molecule has 0 spiro atoms. The van der Waals surface area contributed by atoms with Crippen molar-refractivity contribution in [2.24, 2.45) is 7.05 Å². The molecular formula is C11H13N3. The van der Waals surface area contributed by atoms with E-state index < -0.39 is 0 Å². The summed E-state index contributed by atoms with van der Waals surface area (Å²) in [5.74, 6) is 0. The number of nitrogen functional groups attached to an aromatic ring is 1. The molecule has 2 N–H and O–H groups in total. The van der Waals surface area contributed by atoms with Crippen molar-refractivity contribution in [1.82, 2.24) is 9.78 Å². The van der Waals surface area contributed by atoms with Crippen molar-refractivity contribution < 1.29 is 0 Å². The van der Waals surface area contributed by atoms with Crippen LogP contribution >= 0.6 is 0 Å². The van der Waals surface area contributed by atoms with Gasteiger partial charge in [-0.15, -0.1) is 0 Å². The smallest absolute Gasteiger partial charge is 0.0923 e. The van der Waals surface area contributed by atoms with Gasteiger partial charge in [0.2, 0.25) is 0 Å². The maximum atomic E-state index is 5.77. The highest BCUT2D eigenvalue weighted by Gasteiger charge is 2.02. The molecule has 0 radical (unpaired) electrons. The number of aryl methyl sites for hydroxylation is 2. The molecule has 1 aromatic heterocycles. The van der Waals surface area contributed by atoms with Gasteiger partial charge in [-0.3, -0.25) is 4.68 Å². The van der Waals surface area contributed by atoms with Crippen molar-refractivity contribution in [2.75, 3.05) is 5.73 Å². The molecule has 2 rings (SSSR count). The third-order valence-electron chi connectivity index (χ3n) is 2.11. The van der Waals surface area contributed by atoms with E-state index in [0.29, 0.717) is 0 Å². The van der Waals surface area contributed by atoms with Gasteiger partial charge in [-0.2, -0.15) is 5.10 Å². The molecule has 0 amide bonds. The van der Waals surface area contributed by atoms with Gasteiger partial charge in [-0.25, -0.2) is 0 Å². The summed E-state index contributed by atoms with van der Waals surface area (Å²) in [6.07, 6.45) is 1.92. The second-order valence-electron chi connectivity index (χ2n) is 3.51. The van der Waals surface area contributed by atoms with Gasteiger partial charge in [-0.05, 0) is 36.8 Å². The monoisotopic (exact) mass is 187 g/mol. The van der Waals surface area contributed by atoms with E-state index in [1.54, 1.807) is 4.68 Å². The minimum atomic E-state index is 0.783. The first kappa shape index (κ1) is 8.81. The number of nitrogens with zero attached hydrogens (tertiary/aromatic N) is 2. The fourth-order valence-corrected chi connectivity index (χ4v) is 1.53. The molecule has 0 aliphatic rings. The van der Waals surface area contributed by atoms with Crippen LogP contribution < -0.4 is 5.73 Å². The second-order valence-corrected chi connectivity index (χ2v) is 3.51. The summed E-state index contributed by atoms with van der Waals surface area (Å²) in [7, 11) is 1.91. The lowest BCUT2D eigenvalue weighted by Crippen LogP contribution is -1.90. The Morgan fingerprint density at radius 1 is 1.29 bits per heavy atom. The number of rotatable bonds is 1. The summed E-state index contributed by atoms with van der Waals surface area (Å²) in [4.78, 5) is 0. The first-order chi connectivity index (χ1) is 6.65. The van der Waals surface area contributed by atoms with Gasteiger partial charge in [0.15, 0.2) is 0 Å². The van der Waals surface area contributed by atoms with Crippen LogP contribution in [0.25, 0.3) is 11.3 Å². The van der Waals surface area contributed by atoms with E-state index in [9.17, 15) is 0 Å². The highest BCUT2D eigenvalue weighted by molar-refractivity contribution is 5.65. The maximum Gasteiger partial charge on any atom is 0.0923 e. The third-order valence-corrected chi connectivity index (χ3v) is 2.11. The third kappa shape index (κ3) is 1.62. The summed E-state index contributed by atoms with van der Waals surface area (Å²) in [5.41, 5.74) is 9.74. The molecule has 0 aliphatic carbocycles. The Morgan fingerprint density at radius 2 is 2.07 bits per heavy atom. The van der Waals surface area contributed by atoms with Crippen LogP contribution in [0.1, 0.15) is 5.56 Å². The lowest BCUT2D eigenvalue weighted by Gasteiger charge is -2.01. The van der Waals surface area contributed by atoms with Crippen molar-refractivity contribution in [2.45, 2.75) is 6.92 Å². The topological polar surface area (TPSA) is 43.8 Å². The standard InChI is InChI=1S/C11H13N3/c1-8-5-9(7-10(12)6-8)11-3-4-14(2)13-11/h3-7H,12H2,1-2H3. The number of anilines is 1. The normalized spacial score (nSPS) is 10.4. The lowest BCUT2D eigenvalue weighted by atomic mass is 10.1. The van der Waals surface area contributed by atoms with Crippen LogP contribution in [0.2, 0.25) is 0 Å². The van der Waals surface area contributed by atoms with Crippen molar-refractivity contribution in [1.29, 1.82) is 0 Å². The van der Waals surface area contributed by atoms with E-state index in [2.05, 4.69) is 11.2 Å². The van der Waals surface area contributed by atoms with Gasteiger partial charge in [0.05, 0.1) is 5.69 Å². The molecule has 3 heteroatoms. The molecule has 0 fully saturated rings. The molecule has 1 heterocycles. The molecule has 0 saturated carbocycles. The lowest BCUT2D eigenvalue weighted by molar-refractivity contribution is 0.771. The highest BCUT2D eigenvalue weighted by Crippen LogP contribution is 2.21. The number of benzene rings is 1. The Labute approximate surface area is 83.2 Å². The van der Waals surface area contributed by atoms with Crippen LogP contribution in [0.5, 0.6) is 0 Å². The summed E-state index contributed by atoms with van der Waals surface area (Å²) < 4.78 is 1.79. The SMILES string of the molecule is Cc1cc(N)cc(-c2ccn(C)n2)c1. The van der Waals surface area contributed by atoms with Gasteiger partial charge in [-0.1, -0.05) is 0 Å². The molecule has 0 saturated heterocycles. The second kappa shape index (κ2) is 3.18. The predicted molar refractivity (Wildman–Crippen MR) is 57.8 cm³/mol. The van der Waals surface area contributed by atoms with E-state index in [4.69, 9.17) is 5.73 Å². The first-order valence-corrected chi connectivity index (χ1v) is 4.52. The van der Waals surface area contributed by atoms with Gasteiger partial charge >= 0.3 is 0 Å². The van der Waals surface area contributed by atoms with Crippen LogP contribution in [-0.4, -0.2) is 9.78 Å². The molecule has 0 aliphatic heterocycles. The molecular weight excluding hydrogens is 174 g/mol. The Balaban J connectivity index is 2.51. The zero-order valence-corrected chi connectivity index (χ0v) is 8.36. The van der Waals surface area contributed by atoms with Crippen LogP contribution in [0.4, 0.5) is 5.69 Å². The average molecular weight is 187 g/mol. The van der Waals surface area contributed by atoms with Crippen LogP contribution in [0.3, 0.4) is 0 Å². The number of nitrogens with two attached hydrogens (primary N) is 1. The first-order valence-electron chi connectivity index (χ1n) is 4.52. The number of hydrogen-bond donors (Lipinski definition) is 1. The van der Waals surface area contributed by atoms with Crippen molar-refractivity contribution in [3.8, 4) is 11.3 Å². The Hall–Kier alpha value is -1.77. The van der Waals surface area contributed by atoms with E-state index in [1.807, 2.05) is 38.4 Å². The average Bonchev–Trinajstić information content (AvgIpc) is 2.50. The van der Waals surface area contributed by atoms with Gasteiger partial charge in [0.1, 0.15) is 0 Å². The molecule has 0 bridgehead atoms. The molecule has 0 unspecified atom stereocenters. The summed E-state index contributed by atoms with van der Waals surface area (Å²) >= 11 is 0. The van der Waals surface area contributed by atoms with E-state index in [0.717, 1.165) is 22.5 Å². The summed E-state index contributed by atoms with van der Waals surface area (Å²) in [6.45, 7) is 2.03. The Kier molecular flexibility index (Phi) is 2.00. The molecule has 1 aromatic carbocycles. The largest absolute Gasteiger partial charge is 0.399 e. The van der Waals surface area contributed by atoms with Crippen molar-refractivity contribution >= 4 is 5.69 Å². The van der Waals surface area contributed by atoms with Gasteiger partial charge in [0, 0.05) is 24.5 Å². The number of hydrogen-bond acceptors (Lipinski definition) is 2. The highest BCUT2D eigenvalue weighted by atomic mass is 15.2. The number of aromatic nitrogens is 2. The zero-order chi connectivity index (χ0) is 10.1. The molecule has 72 valence electrons. The van der Waals surface area contributed by atoms with Gasteiger partial charge in [0.25, 0.3) is 0 Å². The molecule has 2 aromatic rings. The van der Waals surface area contributed by atoms with E-state index in [-0.39, 0.29) is 0 Å². The van der Waals surface area contributed by atoms with E-state index in [1.165, 1.54) is 0 Å². The maximum absolute atomic E-state index is 5.77. The minimum Gasteiger partial charge on any atom is -0.399 e. The quantitative estimate of drug-likeness (QED) is 0.694.